The maximum absolute atomic E-state index is 10.8. The molecule has 0 saturated heterocycles. The molecule has 0 spiro atoms. The number of benzene rings is 1. The van der Waals surface area contributed by atoms with Crippen molar-refractivity contribution in [3.8, 4) is 5.75 Å². The Bertz CT molecular complexity index is 368. The standard InChI is InChI=1S/C13H17NO2/c1-3-8-16-12-6-4-11(5-7-12)9-10(2)13(14)15/h4-7H,2-3,8-9H2,1H3,(H2,14,15). The molecule has 1 rings (SSSR count). The van der Waals surface area contributed by atoms with Crippen LogP contribution in [0.4, 0.5) is 0 Å². The molecule has 0 unspecified atom stereocenters. The molecule has 1 amide bonds. The van der Waals surface area contributed by atoms with E-state index >= 15 is 0 Å². The number of hydrogen-bond donors (Lipinski definition) is 1. The SMILES string of the molecule is C=C(Cc1ccc(OCCC)cc1)C(N)=O. The molecule has 3 nitrogen and oxygen atoms in total. The van der Waals surface area contributed by atoms with E-state index in [2.05, 4.69) is 13.5 Å². The molecular weight excluding hydrogens is 202 g/mol. The fraction of sp³-hybridized carbons (Fsp3) is 0.308. The summed E-state index contributed by atoms with van der Waals surface area (Å²) in [4.78, 5) is 10.8. The van der Waals surface area contributed by atoms with E-state index in [0.29, 0.717) is 18.6 Å². The minimum Gasteiger partial charge on any atom is -0.494 e. The van der Waals surface area contributed by atoms with E-state index in [-0.39, 0.29) is 0 Å². The number of ether oxygens (including phenoxy) is 1. The van der Waals surface area contributed by atoms with Crippen molar-refractivity contribution < 1.29 is 9.53 Å². The Morgan fingerprint density at radius 2 is 2.00 bits per heavy atom. The normalized spacial score (nSPS) is 9.81. The van der Waals surface area contributed by atoms with Crippen molar-refractivity contribution in [2.24, 2.45) is 5.73 Å². The van der Waals surface area contributed by atoms with Gasteiger partial charge in [0.05, 0.1) is 6.61 Å². The van der Waals surface area contributed by atoms with Crippen LogP contribution >= 0.6 is 0 Å². The number of carbonyl (C=O) groups is 1. The van der Waals surface area contributed by atoms with Gasteiger partial charge in [0.25, 0.3) is 0 Å². The highest BCUT2D eigenvalue weighted by Crippen LogP contribution is 2.14. The zero-order chi connectivity index (χ0) is 12.0. The number of carbonyl (C=O) groups excluding carboxylic acids is 1. The quantitative estimate of drug-likeness (QED) is 0.744. The number of nitrogens with two attached hydrogens (primary N) is 1. The predicted octanol–water partition coefficient (Wildman–Crippen LogP) is 2.06. The van der Waals surface area contributed by atoms with Crippen molar-refractivity contribution in [2.45, 2.75) is 19.8 Å². The van der Waals surface area contributed by atoms with Gasteiger partial charge in [0.2, 0.25) is 5.91 Å². The lowest BCUT2D eigenvalue weighted by atomic mass is 10.1. The molecule has 86 valence electrons. The molecule has 0 radical (unpaired) electrons. The average molecular weight is 219 g/mol. The summed E-state index contributed by atoms with van der Waals surface area (Å²) in [5, 5.41) is 0. The van der Waals surface area contributed by atoms with Gasteiger partial charge in [-0.15, -0.1) is 0 Å². The first kappa shape index (κ1) is 12.3. The molecular formula is C13H17NO2. The fourth-order valence-electron chi connectivity index (χ4n) is 1.26. The Balaban J connectivity index is 2.57. The Morgan fingerprint density at radius 1 is 1.38 bits per heavy atom. The summed E-state index contributed by atoms with van der Waals surface area (Å²) in [6.45, 7) is 6.39. The minimum absolute atomic E-state index is 0.419. The first-order valence-electron chi connectivity index (χ1n) is 5.32. The zero-order valence-electron chi connectivity index (χ0n) is 9.53. The van der Waals surface area contributed by atoms with Gasteiger partial charge < -0.3 is 10.5 Å². The third-order valence-electron chi connectivity index (χ3n) is 2.16. The van der Waals surface area contributed by atoms with Gasteiger partial charge >= 0.3 is 0 Å². The lowest BCUT2D eigenvalue weighted by Gasteiger charge is -2.06. The summed E-state index contributed by atoms with van der Waals surface area (Å²) in [7, 11) is 0. The first-order valence-corrected chi connectivity index (χ1v) is 5.32. The molecule has 0 atom stereocenters. The van der Waals surface area contributed by atoms with Crippen LogP contribution in [0.3, 0.4) is 0 Å². The highest BCUT2D eigenvalue weighted by molar-refractivity contribution is 5.91. The van der Waals surface area contributed by atoms with Gasteiger partial charge in [-0.2, -0.15) is 0 Å². The van der Waals surface area contributed by atoms with Gasteiger partial charge in [0.15, 0.2) is 0 Å². The maximum Gasteiger partial charge on any atom is 0.244 e. The van der Waals surface area contributed by atoms with Crippen LogP contribution < -0.4 is 10.5 Å². The van der Waals surface area contributed by atoms with Gasteiger partial charge in [0.1, 0.15) is 5.75 Å². The summed E-state index contributed by atoms with van der Waals surface area (Å²) in [6, 6.07) is 7.61. The Hall–Kier alpha value is -1.77. The Labute approximate surface area is 95.9 Å². The van der Waals surface area contributed by atoms with Crippen LogP contribution in [0.5, 0.6) is 5.75 Å². The van der Waals surface area contributed by atoms with Crippen molar-refractivity contribution in [2.75, 3.05) is 6.61 Å². The van der Waals surface area contributed by atoms with E-state index in [1.807, 2.05) is 24.3 Å². The van der Waals surface area contributed by atoms with Gasteiger partial charge in [0, 0.05) is 12.0 Å². The van der Waals surface area contributed by atoms with E-state index in [9.17, 15) is 4.79 Å². The predicted molar refractivity (Wildman–Crippen MR) is 64.3 cm³/mol. The molecule has 16 heavy (non-hydrogen) atoms. The van der Waals surface area contributed by atoms with E-state index in [4.69, 9.17) is 10.5 Å². The van der Waals surface area contributed by atoms with E-state index < -0.39 is 5.91 Å². The minimum atomic E-state index is -0.452. The van der Waals surface area contributed by atoms with Crippen molar-refractivity contribution in [3.05, 3.63) is 42.0 Å². The highest BCUT2D eigenvalue weighted by Gasteiger charge is 2.03. The Kier molecular flexibility index (Phi) is 4.58. The highest BCUT2D eigenvalue weighted by atomic mass is 16.5. The summed E-state index contributed by atoms with van der Waals surface area (Å²) >= 11 is 0. The maximum atomic E-state index is 10.8. The molecule has 3 heteroatoms. The van der Waals surface area contributed by atoms with Gasteiger partial charge in [-0.05, 0) is 24.1 Å². The molecule has 0 fully saturated rings. The first-order chi connectivity index (χ1) is 7.63. The number of rotatable bonds is 6. The molecule has 2 N–H and O–H groups in total. The molecule has 0 aliphatic carbocycles. The van der Waals surface area contributed by atoms with Crippen LogP contribution in [0.15, 0.2) is 36.4 Å². The van der Waals surface area contributed by atoms with E-state index in [0.717, 1.165) is 17.7 Å². The largest absolute Gasteiger partial charge is 0.494 e. The summed E-state index contributed by atoms with van der Waals surface area (Å²) in [6.07, 6.45) is 1.48. The number of hydrogen-bond acceptors (Lipinski definition) is 2. The smallest absolute Gasteiger partial charge is 0.244 e. The van der Waals surface area contributed by atoms with Gasteiger partial charge in [-0.1, -0.05) is 25.6 Å². The molecule has 0 heterocycles. The summed E-state index contributed by atoms with van der Waals surface area (Å²) in [5.74, 6) is 0.390. The van der Waals surface area contributed by atoms with Crippen molar-refractivity contribution in [1.29, 1.82) is 0 Å². The second kappa shape index (κ2) is 5.95. The Morgan fingerprint density at radius 3 is 2.50 bits per heavy atom. The van der Waals surface area contributed by atoms with Crippen molar-refractivity contribution in [1.82, 2.24) is 0 Å². The van der Waals surface area contributed by atoms with Crippen LogP contribution in [-0.4, -0.2) is 12.5 Å². The second-order valence-electron chi connectivity index (χ2n) is 3.64. The molecule has 0 aliphatic rings. The summed E-state index contributed by atoms with van der Waals surface area (Å²) in [5.41, 5.74) is 6.54. The van der Waals surface area contributed by atoms with Gasteiger partial charge in [-0.3, -0.25) is 4.79 Å². The van der Waals surface area contributed by atoms with E-state index in [1.165, 1.54) is 0 Å². The molecule has 1 aromatic rings. The topological polar surface area (TPSA) is 52.3 Å². The third-order valence-corrected chi connectivity index (χ3v) is 2.16. The van der Waals surface area contributed by atoms with Crippen molar-refractivity contribution >= 4 is 5.91 Å². The molecule has 0 saturated carbocycles. The number of amides is 1. The van der Waals surface area contributed by atoms with Gasteiger partial charge in [-0.25, -0.2) is 0 Å². The van der Waals surface area contributed by atoms with Crippen LogP contribution in [0, 0.1) is 0 Å². The van der Waals surface area contributed by atoms with Crippen LogP contribution in [0.25, 0.3) is 0 Å². The lowest BCUT2D eigenvalue weighted by Crippen LogP contribution is -2.14. The van der Waals surface area contributed by atoms with Crippen LogP contribution in [0.1, 0.15) is 18.9 Å². The monoisotopic (exact) mass is 219 g/mol. The van der Waals surface area contributed by atoms with Crippen LogP contribution in [-0.2, 0) is 11.2 Å². The third kappa shape index (κ3) is 3.77. The zero-order valence-corrected chi connectivity index (χ0v) is 9.53. The van der Waals surface area contributed by atoms with E-state index in [1.54, 1.807) is 0 Å². The molecule has 0 bridgehead atoms. The van der Waals surface area contributed by atoms with Crippen LogP contribution in [0.2, 0.25) is 0 Å². The lowest BCUT2D eigenvalue weighted by molar-refractivity contribution is -0.114. The fourth-order valence-corrected chi connectivity index (χ4v) is 1.26. The van der Waals surface area contributed by atoms with Crippen molar-refractivity contribution in [3.63, 3.8) is 0 Å². The average Bonchev–Trinajstić information content (AvgIpc) is 2.28. The second-order valence-corrected chi connectivity index (χ2v) is 3.64. The molecule has 0 aromatic heterocycles. The summed E-state index contributed by atoms with van der Waals surface area (Å²) < 4.78 is 5.45. The molecule has 0 aliphatic heterocycles. The number of primary amides is 1. The molecule has 1 aromatic carbocycles.